The molecule has 1 aliphatic carbocycles. The lowest BCUT2D eigenvalue weighted by atomic mass is 10.0. The van der Waals surface area contributed by atoms with Gasteiger partial charge in [-0.05, 0) is 32.7 Å². The predicted molar refractivity (Wildman–Crippen MR) is 51.7 cm³/mol. The second-order valence-electron chi connectivity index (χ2n) is 4.27. The molecular weight excluding hydrogens is 164 g/mol. The zero-order valence-corrected chi connectivity index (χ0v) is 8.25. The lowest BCUT2D eigenvalue weighted by molar-refractivity contribution is -0.114. The van der Waals surface area contributed by atoms with Crippen LogP contribution in [0.5, 0.6) is 0 Å². The van der Waals surface area contributed by atoms with Crippen molar-refractivity contribution in [3.8, 4) is 0 Å². The first-order chi connectivity index (χ1) is 6.30. The smallest absolute Gasteiger partial charge is 0.140 e. The highest BCUT2D eigenvalue weighted by atomic mass is 16.1. The molecule has 1 aliphatic heterocycles. The first-order valence-corrected chi connectivity index (χ1v) is 5.19. The van der Waals surface area contributed by atoms with Crippen LogP contribution in [0, 0.1) is 0 Å². The van der Waals surface area contributed by atoms with Crippen molar-refractivity contribution in [2.75, 3.05) is 20.1 Å². The van der Waals surface area contributed by atoms with E-state index in [1.54, 1.807) is 0 Å². The Morgan fingerprint density at radius 2 is 2.00 bits per heavy atom. The summed E-state index contributed by atoms with van der Waals surface area (Å²) in [6.07, 6.45) is 5.70. The highest BCUT2D eigenvalue weighted by Crippen LogP contribution is 2.40. The van der Waals surface area contributed by atoms with Gasteiger partial charge in [0.25, 0.3) is 0 Å². The SMILES string of the molecule is CNC1CCN(C2(C=O)CC2)CC1. The Bertz CT molecular complexity index is 193. The van der Waals surface area contributed by atoms with Crippen molar-refractivity contribution in [1.82, 2.24) is 10.2 Å². The molecular formula is C10H18N2O. The van der Waals surface area contributed by atoms with Crippen LogP contribution in [0.25, 0.3) is 0 Å². The van der Waals surface area contributed by atoms with Crippen molar-refractivity contribution < 1.29 is 4.79 Å². The average Bonchev–Trinajstić information content (AvgIpc) is 2.99. The summed E-state index contributed by atoms with van der Waals surface area (Å²) in [4.78, 5) is 13.3. The molecule has 0 aromatic rings. The Hall–Kier alpha value is -0.410. The van der Waals surface area contributed by atoms with Crippen molar-refractivity contribution in [2.45, 2.75) is 37.3 Å². The molecule has 3 heteroatoms. The van der Waals surface area contributed by atoms with Crippen LogP contribution in [-0.4, -0.2) is 42.9 Å². The Morgan fingerprint density at radius 1 is 1.38 bits per heavy atom. The second kappa shape index (κ2) is 3.39. The molecule has 13 heavy (non-hydrogen) atoms. The molecule has 1 N–H and O–H groups in total. The summed E-state index contributed by atoms with van der Waals surface area (Å²) in [5, 5.41) is 3.30. The van der Waals surface area contributed by atoms with Crippen LogP contribution < -0.4 is 5.32 Å². The molecule has 0 bridgehead atoms. The highest BCUT2D eigenvalue weighted by molar-refractivity contribution is 5.68. The fourth-order valence-corrected chi connectivity index (χ4v) is 2.25. The van der Waals surface area contributed by atoms with E-state index in [2.05, 4.69) is 10.2 Å². The molecule has 0 radical (unpaired) electrons. The number of nitrogens with zero attached hydrogens (tertiary/aromatic N) is 1. The van der Waals surface area contributed by atoms with Gasteiger partial charge in [0.1, 0.15) is 6.29 Å². The number of nitrogens with one attached hydrogen (secondary N) is 1. The molecule has 1 saturated heterocycles. The second-order valence-corrected chi connectivity index (χ2v) is 4.27. The zero-order chi connectivity index (χ0) is 9.31. The third kappa shape index (κ3) is 1.63. The Labute approximate surface area is 79.5 Å². The van der Waals surface area contributed by atoms with E-state index < -0.39 is 0 Å². The normalized spacial score (nSPS) is 28.7. The molecule has 1 saturated carbocycles. The molecule has 0 spiro atoms. The van der Waals surface area contributed by atoms with Crippen LogP contribution in [0.15, 0.2) is 0 Å². The molecule has 1 heterocycles. The fourth-order valence-electron chi connectivity index (χ4n) is 2.25. The number of carbonyl (C=O) groups is 1. The first-order valence-electron chi connectivity index (χ1n) is 5.19. The van der Waals surface area contributed by atoms with Gasteiger partial charge in [-0.15, -0.1) is 0 Å². The maximum atomic E-state index is 10.9. The van der Waals surface area contributed by atoms with E-state index in [0.29, 0.717) is 6.04 Å². The van der Waals surface area contributed by atoms with Gasteiger partial charge in [-0.25, -0.2) is 0 Å². The van der Waals surface area contributed by atoms with Crippen LogP contribution in [0.3, 0.4) is 0 Å². The van der Waals surface area contributed by atoms with E-state index >= 15 is 0 Å². The zero-order valence-electron chi connectivity index (χ0n) is 8.25. The fraction of sp³-hybridized carbons (Fsp3) is 0.900. The Kier molecular flexibility index (Phi) is 2.39. The average molecular weight is 182 g/mol. The van der Waals surface area contributed by atoms with Crippen molar-refractivity contribution in [1.29, 1.82) is 0 Å². The van der Waals surface area contributed by atoms with Crippen LogP contribution >= 0.6 is 0 Å². The van der Waals surface area contributed by atoms with Gasteiger partial charge in [-0.2, -0.15) is 0 Å². The molecule has 0 unspecified atom stereocenters. The number of hydrogen-bond donors (Lipinski definition) is 1. The maximum absolute atomic E-state index is 10.9. The van der Waals surface area contributed by atoms with Crippen LogP contribution in [0.1, 0.15) is 25.7 Å². The summed E-state index contributed by atoms with van der Waals surface area (Å²) < 4.78 is 0. The highest BCUT2D eigenvalue weighted by Gasteiger charge is 2.48. The predicted octanol–water partition coefficient (Wildman–Crippen LogP) is 0.402. The number of aldehydes is 1. The van der Waals surface area contributed by atoms with Crippen molar-refractivity contribution >= 4 is 6.29 Å². The minimum absolute atomic E-state index is 0.0291. The number of hydrogen-bond acceptors (Lipinski definition) is 3. The maximum Gasteiger partial charge on any atom is 0.140 e. The van der Waals surface area contributed by atoms with E-state index in [0.717, 1.165) is 32.2 Å². The molecule has 0 aromatic heterocycles. The van der Waals surface area contributed by atoms with E-state index in [1.807, 2.05) is 7.05 Å². The van der Waals surface area contributed by atoms with Gasteiger partial charge >= 0.3 is 0 Å². The van der Waals surface area contributed by atoms with Crippen LogP contribution in [0.4, 0.5) is 0 Å². The molecule has 2 fully saturated rings. The third-order valence-corrected chi connectivity index (χ3v) is 3.51. The van der Waals surface area contributed by atoms with Gasteiger partial charge in [0.2, 0.25) is 0 Å². The number of piperidine rings is 1. The summed E-state index contributed by atoms with van der Waals surface area (Å²) in [6.45, 7) is 2.18. The summed E-state index contributed by atoms with van der Waals surface area (Å²) in [7, 11) is 2.02. The number of rotatable bonds is 3. The minimum atomic E-state index is -0.0291. The van der Waals surface area contributed by atoms with Gasteiger partial charge < -0.3 is 10.1 Å². The molecule has 2 rings (SSSR count). The van der Waals surface area contributed by atoms with E-state index in [-0.39, 0.29) is 5.54 Å². The summed E-state index contributed by atoms with van der Waals surface area (Å²) in [5.41, 5.74) is -0.0291. The molecule has 0 aromatic carbocycles. The summed E-state index contributed by atoms with van der Waals surface area (Å²) in [6, 6.07) is 0.665. The topological polar surface area (TPSA) is 32.3 Å². The molecule has 3 nitrogen and oxygen atoms in total. The van der Waals surface area contributed by atoms with Crippen LogP contribution in [0.2, 0.25) is 0 Å². The third-order valence-electron chi connectivity index (χ3n) is 3.51. The van der Waals surface area contributed by atoms with Crippen LogP contribution in [-0.2, 0) is 4.79 Å². The van der Waals surface area contributed by atoms with E-state index in [9.17, 15) is 4.79 Å². The standard InChI is InChI=1S/C10H18N2O/c1-11-9-2-6-12(7-3-9)10(8-13)4-5-10/h8-9,11H,2-7H2,1H3. The summed E-state index contributed by atoms with van der Waals surface area (Å²) >= 11 is 0. The minimum Gasteiger partial charge on any atom is -0.317 e. The molecule has 2 aliphatic rings. The van der Waals surface area contributed by atoms with E-state index in [1.165, 1.54) is 12.8 Å². The van der Waals surface area contributed by atoms with E-state index in [4.69, 9.17) is 0 Å². The van der Waals surface area contributed by atoms with Crippen molar-refractivity contribution in [3.05, 3.63) is 0 Å². The van der Waals surface area contributed by atoms with Crippen molar-refractivity contribution in [2.24, 2.45) is 0 Å². The summed E-state index contributed by atoms with van der Waals surface area (Å²) in [5.74, 6) is 0. The Morgan fingerprint density at radius 3 is 2.38 bits per heavy atom. The largest absolute Gasteiger partial charge is 0.317 e. The lowest BCUT2D eigenvalue weighted by Gasteiger charge is -2.35. The van der Waals surface area contributed by atoms with Gasteiger partial charge in [0.15, 0.2) is 0 Å². The quantitative estimate of drug-likeness (QED) is 0.641. The van der Waals surface area contributed by atoms with Gasteiger partial charge in [-0.3, -0.25) is 4.90 Å². The Balaban J connectivity index is 1.87. The lowest BCUT2D eigenvalue weighted by Crippen LogP contribution is -2.47. The van der Waals surface area contributed by atoms with Crippen molar-refractivity contribution in [3.63, 3.8) is 0 Å². The first kappa shape index (κ1) is 9.16. The number of carbonyl (C=O) groups excluding carboxylic acids is 1. The van der Waals surface area contributed by atoms with Gasteiger partial charge in [0, 0.05) is 19.1 Å². The number of likely N-dealkylation sites (tertiary alicyclic amines) is 1. The molecule has 0 atom stereocenters. The van der Waals surface area contributed by atoms with Gasteiger partial charge in [0.05, 0.1) is 5.54 Å². The molecule has 74 valence electrons. The monoisotopic (exact) mass is 182 g/mol. The molecule has 0 amide bonds. The van der Waals surface area contributed by atoms with Gasteiger partial charge in [-0.1, -0.05) is 0 Å².